The van der Waals surface area contributed by atoms with Gasteiger partial charge in [-0.3, -0.25) is 9.36 Å². The molecular formula is C28H29ClN2O8. The van der Waals surface area contributed by atoms with E-state index < -0.39 is 11.5 Å². The van der Waals surface area contributed by atoms with E-state index in [1.165, 1.54) is 47.2 Å². The van der Waals surface area contributed by atoms with Crippen LogP contribution in [0.15, 0.2) is 53.3 Å². The highest BCUT2D eigenvalue weighted by molar-refractivity contribution is 6.08. The summed E-state index contributed by atoms with van der Waals surface area (Å²) in [5, 5.41) is 0.699. The molecule has 4 rings (SSSR count). The Balaban J connectivity index is 0.00000420. The number of hydrogen-bond acceptors (Lipinski definition) is 9. The first kappa shape index (κ1) is 29.0. The molecule has 2 N–H and O–H groups in total. The van der Waals surface area contributed by atoms with Crippen molar-refractivity contribution >= 4 is 34.8 Å². The standard InChI is InChI=1S/C28H28N2O8.ClH/c1-33-20-13-18-19(14-21(20)34-2)27(31)30(17-9-7-16(29)8-10-17)25(28(32)38-6)24(18)15-11-22(35-3)26(37-5)23(12-15)36-4;/h7-14H,29H2,1-6H3;1H. The molecule has 0 atom stereocenters. The lowest BCUT2D eigenvalue weighted by Gasteiger charge is -2.21. The second kappa shape index (κ2) is 11.9. The number of ether oxygens (including phenoxy) is 6. The van der Waals surface area contributed by atoms with Crippen LogP contribution in [0.1, 0.15) is 10.5 Å². The Bertz CT molecular complexity index is 1560. The number of nitrogens with two attached hydrogens (primary N) is 1. The largest absolute Gasteiger partial charge is 0.493 e. The summed E-state index contributed by atoms with van der Waals surface area (Å²) >= 11 is 0. The van der Waals surface area contributed by atoms with Crippen LogP contribution in [0, 0.1) is 0 Å². The SMILES string of the molecule is COC(=O)c1c(-c2cc(OC)c(OC)c(OC)c2)c2cc(OC)c(OC)cc2c(=O)n1-c1ccc(N)cc1.Cl. The summed E-state index contributed by atoms with van der Waals surface area (Å²) < 4.78 is 34.1. The molecule has 0 aliphatic carbocycles. The van der Waals surface area contributed by atoms with E-state index in [-0.39, 0.29) is 23.5 Å². The Morgan fingerprint density at radius 1 is 0.718 bits per heavy atom. The molecule has 39 heavy (non-hydrogen) atoms. The normalized spacial score (nSPS) is 10.4. The van der Waals surface area contributed by atoms with Crippen molar-refractivity contribution < 1.29 is 33.2 Å². The summed E-state index contributed by atoms with van der Waals surface area (Å²) in [6.45, 7) is 0. The van der Waals surface area contributed by atoms with E-state index in [1.807, 2.05) is 0 Å². The lowest BCUT2D eigenvalue weighted by atomic mass is 9.95. The number of methoxy groups -OCH3 is 6. The highest BCUT2D eigenvalue weighted by Crippen LogP contribution is 2.45. The number of nitrogens with zero attached hydrogens (tertiary/aromatic N) is 1. The zero-order chi connectivity index (χ0) is 27.6. The highest BCUT2D eigenvalue weighted by Gasteiger charge is 2.28. The van der Waals surface area contributed by atoms with Crippen LogP contribution in [-0.2, 0) is 4.74 Å². The van der Waals surface area contributed by atoms with Gasteiger partial charge in [-0.15, -0.1) is 12.4 Å². The monoisotopic (exact) mass is 556 g/mol. The molecule has 0 fully saturated rings. The lowest BCUT2D eigenvalue weighted by molar-refractivity contribution is 0.0591. The summed E-state index contributed by atoms with van der Waals surface area (Å²) in [6, 6.07) is 13.2. The molecule has 0 saturated heterocycles. The number of esters is 1. The smallest absolute Gasteiger partial charge is 0.355 e. The number of carbonyl (C=O) groups excluding carboxylic acids is 1. The Morgan fingerprint density at radius 2 is 1.23 bits per heavy atom. The number of rotatable bonds is 8. The van der Waals surface area contributed by atoms with E-state index in [0.717, 1.165) is 0 Å². The van der Waals surface area contributed by atoms with Gasteiger partial charge in [0.1, 0.15) is 5.69 Å². The van der Waals surface area contributed by atoms with Gasteiger partial charge < -0.3 is 34.2 Å². The molecule has 10 nitrogen and oxygen atoms in total. The Labute approximate surface area is 231 Å². The predicted octanol–water partition coefficient (Wildman–Crippen LogP) is 4.49. The number of halogens is 1. The summed E-state index contributed by atoms with van der Waals surface area (Å²) in [6.07, 6.45) is 0. The van der Waals surface area contributed by atoms with Crippen LogP contribution < -0.4 is 35.0 Å². The van der Waals surface area contributed by atoms with E-state index in [0.29, 0.717) is 56.6 Å². The number of nitrogen functional groups attached to an aromatic ring is 1. The number of aromatic nitrogens is 1. The van der Waals surface area contributed by atoms with Gasteiger partial charge in [-0.05, 0) is 54.1 Å². The number of pyridine rings is 1. The first-order chi connectivity index (χ1) is 18.3. The Kier molecular flexibility index (Phi) is 8.82. The average molecular weight is 557 g/mol. The van der Waals surface area contributed by atoms with Crippen molar-refractivity contribution in [2.45, 2.75) is 0 Å². The maximum absolute atomic E-state index is 14.0. The summed E-state index contributed by atoms with van der Waals surface area (Å²) in [4.78, 5) is 27.4. The van der Waals surface area contributed by atoms with Gasteiger partial charge in [0.15, 0.2) is 23.0 Å². The first-order valence-corrected chi connectivity index (χ1v) is 11.4. The molecule has 206 valence electrons. The van der Waals surface area contributed by atoms with Crippen LogP contribution in [0.4, 0.5) is 5.69 Å². The minimum Gasteiger partial charge on any atom is -0.493 e. The topological polar surface area (TPSA) is 120 Å². The maximum Gasteiger partial charge on any atom is 0.355 e. The van der Waals surface area contributed by atoms with Crippen LogP contribution in [0.3, 0.4) is 0 Å². The van der Waals surface area contributed by atoms with Crippen molar-refractivity contribution in [1.82, 2.24) is 4.57 Å². The van der Waals surface area contributed by atoms with Crippen molar-refractivity contribution in [1.29, 1.82) is 0 Å². The van der Waals surface area contributed by atoms with E-state index >= 15 is 0 Å². The molecule has 0 saturated carbocycles. The molecule has 4 aromatic rings. The fourth-order valence-corrected chi connectivity index (χ4v) is 4.40. The summed E-state index contributed by atoms with van der Waals surface area (Å²) in [5.74, 6) is 1.07. The van der Waals surface area contributed by atoms with Crippen molar-refractivity contribution in [3.8, 4) is 45.6 Å². The van der Waals surface area contributed by atoms with Gasteiger partial charge in [0.25, 0.3) is 5.56 Å². The van der Waals surface area contributed by atoms with Crippen molar-refractivity contribution in [2.75, 3.05) is 48.4 Å². The zero-order valence-corrected chi connectivity index (χ0v) is 23.1. The average Bonchev–Trinajstić information content (AvgIpc) is 2.95. The van der Waals surface area contributed by atoms with Crippen LogP contribution in [0.25, 0.3) is 27.6 Å². The fraction of sp³-hybridized carbons (Fsp3) is 0.214. The minimum atomic E-state index is -0.737. The Hall–Kier alpha value is -4.57. The molecule has 0 amide bonds. The van der Waals surface area contributed by atoms with Gasteiger partial charge in [0.2, 0.25) is 5.75 Å². The van der Waals surface area contributed by atoms with Crippen molar-refractivity contribution in [3.05, 3.63) is 64.6 Å². The third-order valence-corrected chi connectivity index (χ3v) is 6.17. The number of benzene rings is 3. The third kappa shape index (κ3) is 4.98. The molecule has 1 heterocycles. The molecule has 0 unspecified atom stereocenters. The predicted molar refractivity (Wildman–Crippen MR) is 151 cm³/mol. The second-order valence-electron chi connectivity index (χ2n) is 8.11. The number of carbonyl (C=O) groups is 1. The lowest BCUT2D eigenvalue weighted by Crippen LogP contribution is -2.27. The number of fused-ring (bicyclic) bond motifs is 1. The number of anilines is 1. The minimum absolute atomic E-state index is 0. The van der Waals surface area contributed by atoms with Gasteiger partial charge in [0.05, 0.1) is 48.0 Å². The van der Waals surface area contributed by atoms with E-state index in [2.05, 4.69) is 0 Å². The Morgan fingerprint density at radius 3 is 1.69 bits per heavy atom. The van der Waals surface area contributed by atoms with Crippen LogP contribution in [0.5, 0.6) is 28.7 Å². The maximum atomic E-state index is 14.0. The molecule has 0 aliphatic heterocycles. The van der Waals surface area contributed by atoms with E-state index in [9.17, 15) is 9.59 Å². The van der Waals surface area contributed by atoms with Gasteiger partial charge in [0, 0.05) is 22.3 Å². The van der Waals surface area contributed by atoms with Crippen LogP contribution >= 0.6 is 12.4 Å². The molecule has 0 bridgehead atoms. The van der Waals surface area contributed by atoms with E-state index in [1.54, 1.807) is 48.5 Å². The van der Waals surface area contributed by atoms with Gasteiger partial charge >= 0.3 is 5.97 Å². The molecule has 0 radical (unpaired) electrons. The van der Waals surface area contributed by atoms with Crippen molar-refractivity contribution in [3.63, 3.8) is 0 Å². The quantitative estimate of drug-likeness (QED) is 0.247. The summed E-state index contributed by atoms with van der Waals surface area (Å²) in [5.41, 5.74) is 7.19. The van der Waals surface area contributed by atoms with Crippen LogP contribution in [0.2, 0.25) is 0 Å². The molecule has 0 spiro atoms. The van der Waals surface area contributed by atoms with Gasteiger partial charge in [-0.1, -0.05) is 0 Å². The molecule has 11 heteroatoms. The van der Waals surface area contributed by atoms with Crippen LogP contribution in [-0.4, -0.2) is 53.2 Å². The number of hydrogen-bond donors (Lipinski definition) is 1. The van der Waals surface area contributed by atoms with Gasteiger partial charge in [-0.2, -0.15) is 0 Å². The highest BCUT2D eigenvalue weighted by atomic mass is 35.5. The first-order valence-electron chi connectivity index (χ1n) is 11.4. The third-order valence-electron chi connectivity index (χ3n) is 6.17. The van der Waals surface area contributed by atoms with Gasteiger partial charge in [-0.25, -0.2) is 4.79 Å². The van der Waals surface area contributed by atoms with Crippen molar-refractivity contribution in [2.24, 2.45) is 0 Å². The zero-order valence-electron chi connectivity index (χ0n) is 22.3. The fourth-order valence-electron chi connectivity index (χ4n) is 4.40. The van der Waals surface area contributed by atoms with E-state index in [4.69, 9.17) is 34.2 Å². The molecule has 1 aromatic heterocycles. The second-order valence-corrected chi connectivity index (χ2v) is 8.11. The molecule has 3 aromatic carbocycles. The molecule has 0 aliphatic rings. The summed E-state index contributed by atoms with van der Waals surface area (Å²) in [7, 11) is 8.68. The molecular weight excluding hydrogens is 528 g/mol.